The van der Waals surface area contributed by atoms with Crippen molar-refractivity contribution >= 4 is 22.3 Å². The summed E-state index contributed by atoms with van der Waals surface area (Å²) in [6.45, 7) is 3.91. The fourth-order valence-corrected chi connectivity index (χ4v) is 3.72. The molecule has 0 amide bonds. The van der Waals surface area contributed by atoms with Crippen molar-refractivity contribution in [1.82, 2.24) is 9.97 Å². The molecule has 7 nitrogen and oxygen atoms in total. The van der Waals surface area contributed by atoms with Gasteiger partial charge in [0.1, 0.15) is 23.9 Å². The first-order valence-corrected chi connectivity index (χ1v) is 9.68. The van der Waals surface area contributed by atoms with Gasteiger partial charge in [-0.25, -0.2) is 4.98 Å². The second-order valence-corrected chi connectivity index (χ2v) is 7.15. The Morgan fingerprint density at radius 3 is 2.76 bits per heavy atom. The molecule has 0 radical (unpaired) electrons. The normalized spacial score (nSPS) is 15.8. The van der Waals surface area contributed by atoms with Gasteiger partial charge in [-0.3, -0.25) is 0 Å². The van der Waals surface area contributed by atoms with Crippen molar-refractivity contribution in [2.24, 2.45) is 0 Å². The Kier molecular flexibility index (Phi) is 5.36. The first-order chi connectivity index (χ1) is 14.2. The quantitative estimate of drug-likeness (QED) is 0.456. The Labute approximate surface area is 169 Å². The van der Waals surface area contributed by atoms with Crippen LogP contribution in [0.1, 0.15) is 5.82 Å². The molecule has 1 aromatic heterocycles. The highest BCUT2D eigenvalue weighted by atomic mass is 16.5. The van der Waals surface area contributed by atoms with Crippen molar-refractivity contribution in [2.75, 3.05) is 44.7 Å². The third-order valence-electron chi connectivity index (χ3n) is 5.33. The molecule has 0 spiro atoms. The van der Waals surface area contributed by atoms with E-state index in [2.05, 4.69) is 27.0 Å². The minimum absolute atomic E-state index is 0.0800. The van der Waals surface area contributed by atoms with Gasteiger partial charge in [0.2, 0.25) is 0 Å². The minimum atomic E-state index is 0.0800. The number of H-pyrrole nitrogens is 1. The fourth-order valence-electron chi connectivity index (χ4n) is 3.72. The number of piperazine rings is 1. The van der Waals surface area contributed by atoms with Gasteiger partial charge >= 0.3 is 0 Å². The summed E-state index contributed by atoms with van der Waals surface area (Å²) in [5, 5.41) is 20.2. The second-order valence-electron chi connectivity index (χ2n) is 7.15. The van der Waals surface area contributed by atoms with Gasteiger partial charge < -0.3 is 24.6 Å². The molecule has 1 saturated heterocycles. The number of hydrogen-bond acceptors (Lipinski definition) is 5. The van der Waals surface area contributed by atoms with Crippen LogP contribution >= 0.6 is 0 Å². The Morgan fingerprint density at radius 1 is 1.24 bits per heavy atom. The van der Waals surface area contributed by atoms with Gasteiger partial charge in [0.15, 0.2) is 11.6 Å². The first kappa shape index (κ1) is 18.8. The maximum absolute atomic E-state index is 10.6. The number of hydrogen-bond donors (Lipinski definition) is 3. The number of quaternary nitrogens is 1. The molecule has 3 N–H and O–H groups in total. The summed E-state index contributed by atoms with van der Waals surface area (Å²) in [5.74, 6) is 1.35. The largest absolute Gasteiger partial charge is 0.506 e. The predicted molar refractivity (Wildman–Crippen MR) is 112 cm³/mol. The van der Waals surface area contributed by atoms with Gasteiger partial charge in [0.05, 0.1) is 44.3 Å². The van der Waals surface area contributed by atoms with E-state index < -0.39 is 0 Å². The van der Waals surface area contributed by atoms with Gasteiger partial charge in [0, 0.05) is 11.8 Å². The summed E-state index contributed by atoms with van der Waals surface area (Å²) in [7, 11) is 1.67. The highest BCUT2D eigenvalue weighted by Gasteiger charge is 2.23. The number of aromatic amines is 1. The number of rotatable bonds is 5. The van der Waals surface area contributed by atoms with Crippen molar-refractivity contribution < 1.29 is 14.7 Å². The molecular formula is C22H24N5O2+. The molecule has 2 heterocycles. The molecular weight excluding hydrogens is 366 g/mol. The topological polar surface area (TPSA) is 89.6 Å². The van der Waals surface area contributed by atoms with Crippen LogP contribution in [0.15, 0.2) is 54.3 Å². The fraction of sp³-hybridized carbons (Fsp3) is 0.273. The summed E-state index contributed by atoms with van der Waals surface area (Å²) in [6, 6.07) is 17.8. The zero-order valence-corrected chi connectivity index (χ0v) is 16.4. The number of aliphatic hydroxyl groups is 1. The van der Waals surface area contributed by atoms with E-state index in [1.54, 1.807) is 7.11 Å². The van der Waals surface area contributed by atoms with E-state index in [4.69, 9.17) is 4.74 Å². The molecule has 0 aliphatic carbocycles. The number of fused-ring (bicyclic) bond motifs is 1. The van der Waals surface area contributed by atoms with E-state index in [9.17, 15) is 10.4 Å². The van der Waals surface area contributed by atoms with Crippen molar-refractivity contribution in [3.05, 3.63) is 60.1 Å². The third-order valence-corrected chi connectivity index (χ3v) is 5.33. The number of aromatic nitrogens is 2. The number of nitrogens with one attached hydrogen (secondary N) is 2. The third kappa shape index (κ3) is 4.03. The summed E-state index contributed by atoms with van der Waals surface area (Å²) in [4.78, 5) is 11.1. The molecule has 7 heteroatoms. The lowest BCUT2D eigenvalue weighted by Crippen LogP contribution is -3.15. The molecule has 0 atom stereocenters. The van der Waals surface area contributed by atoms with E-state index in [0.29, 0.717) is 12.4 Å². The maximum Gasteiger partial charge on any atom is 0.169 e. The first-order valence-electron chi connectivity index (χ1n) is 9.68. The lowest BCUT2D eigenvalue weighted by molar-refractivity contribution is -0.897. The van der Waals surface area contributed by atoms with Crippen LogP contribution in [-0.2, 0) is 0 Å². The summed E-state index contributed by atoms with van der Waals surface area (Å²) < 4.78 is 5.31. The SMILES string of the molecule is COc1cccc(N2CC[NH+](C/C(O)=C(\C#N)c3nc4ccccc4[nH]3)CC2)c1. The number of para-hydroxylation sites is 2. The molecule has 1 aliphatic heterocycles. The highest BCUT2D eigenvalue weighted by molar-refractivity contribution is 5.82. The summed E-state index contributed by atoms with van der Waals surface area (Å²) >= 11 is 0. The summed E-state index contributed by atoms with van der Waals surface area (Å²) in [5.41, 5.74) is 2.98. The van der Waals surface area contributed by atoms with Crippen molar-refractivity contribution in [3.63, 3.8) is 0 Å². The van der Waals surface area contributed by atoms with Crippen LogP contribution in [0.2, 0.25) is 0 Å². The molecule has 0 saturated carbocycles. The molecule has 1 aliphatic rings. The molecule has 1 fully saturated rings. The zero-order chi connectivity index (χ0) is 20.2. The van der Waals surface area contributed by atoms with E-state index in [0.717, 1.165) is 48.6 Å². The van der Waals surface area contributed by atoms with Crippen LogP contribution in [0.3, 0.4) is 0 Å². The van der Waals surface area contributed by atoms with Gasteiger partial charge in [0.25, 0.3) is 0 Å². The molecule has 148 valence electrons. The van der Waals surface area contributed by atoms with Crippen LogP contribution in [0.4, 0.5) is 5.69 Å². The number of ether oxygens (including phenoxy) is 1. The van der Waals surface area contributed by atoms with Crippen LogP contribution < -0.4 is 14.5 Å². The van der Waals surface area contributed by atoms with Crippen LogP contribution in [-0.4, -0.2) is 54.9 Å². The number of benzene rings is 2. The monoisotopic (exact) mass is 390 g/mol. The van der Waals surface area contributed by atoms with Crippen molar-refractivity contribution in [2.45, 2.75) is 0 Å². The van der Waals surface area contributed by atoms with E-state index in [1.165, 1.54) is 4.90 Å². The number of nitriles is 1. The molecule has 0 bridgehead atoms. The number of anilines is 1. The van der Waals surface area contributed by atoms with Gasteiger partial charge in [-0.15, -0.1) is 0 Å². The molecule has 0 unspecified atom stereocenters. The average molecular weight is 390 g/mol. The Morgan fingerprint density at radius 2 is 2.03 bits per heavy atom. The highest BCUT2D eigenvalue weighted by Crippen LogP contribution is 2.21. The zero-order valence-electron chi connectivity index (χ0n) is 16.4. The van der Waals surface area contributed by atoms with E-state index >= 15 is 0 Å². The maximum atomic E-state index is 10.6. The minimum Gasteiger partial charge on any atom is -0.506 e. The van der Waals surface area contributed by atoms with Crippen molar-refractivity contribution in [1.29, 1.82) is 5.26 Å². The van der Waals surface area contributed by atoms with E-state index in [-0.39, 0.29) is 11.3 Å². The Balaban J connectivity index is 1.44. The van der Waals surface area contributed by atoms with E-state index in [1.807, 2.05) is 42.5 Å². The van der Waals surface area contributed by atoms with Gasteiger partial charge in [-0.1, -0.05) is 18.2 Å². The predicted octanol–water partition coefficient (Wildman–Crippen LogP) is 1.77. The molecule has 2 aromatic carbocycles. The van der Waals surface area contributed by atoms with Gasteiger partial charge in [-0.2, -0.15) is 5.26 Å². The number of imidazole rings is 1. The van der Waals surface area contributed by atoms with Crippen LogP contribution in [0, 0.1) is 11.3 Å². The smallest absolute Gasteiger partial charge is 0.169 e. The average Bonchev–Trinajstić information content (AvgIpc) is 3.18. The number of aliphatic hydroxyl groups excluding tert-OH is 1. The Hall–Kier alpha value is -3.50. The molecule has 4 rings (SSSR count). The van der Waals surface area contributed by atoms with Crippen LogP contribution in [0.5, 0.6) is 5.75 Å². The van der Waals surface area contributed by atoms with Crippen molar-refractivity contribution in [3.8, 4) is 11.8 Å². The number of allylic oxidation sites excluding steroid dienone is 1. The number of nitrogens with zero attached hydrogens (tertiary/aromatic N) is 3. The number of methoxy groups -OCH3 is 1. The lowest BCUT2D eigenvalue weighted by atomic mass is 10.2. The van der Waals surface area contributed by atoms with Crippen LogP contribution in [0.25, 0.3) is 16.6 Å². The molecule has 3 aromatic rings. The Bertz CT molecular complexity index is 1040. The lowest BCUT2D eigenvalue weighted by Gasteiger charge is -2.33. The van der Waals surface area contributed by atoms with Gasteiger partial charge in [-0.05, 0) is 24.3 Å². The summed E-state index contributed by atoms with van der Waals surface area (Å²) in [6.07, 6.45) is 0. The second kappa shape index (κ2) is 8.25. The molecule has 29 heavy (non-hydrogen) atoms. The standard InChI is InChI=1S/C22H23N5O2/c1-29-17-6-4-5-16(13-17)27-11-9-26(10-12-27)15-21(28)18(14-23)22-24-19-7-2-3-8-20(19)25-22/h2-8,13,28H,9-12,15H2,1H3,(H,24,25)/p+1/b21-18-.